The van der Waals surface area contributed by atoms with Crippen LogP contribution in [0.3, 0.4) is 0 Å². The number of aromatic nitrogens is 3. The van der Waals surface area contributed by atoms with Crippen LogP contribution in [-0.2, 0) is 7.05 Å². The summed E-state index contributed by atoms with van der Waals surface area (Å²) in [7, 11) is 1.91. The van der Waals surface area contributed by atoms with E-state index in [2.05, 4.69) is 24.0 Å². The van der Waals surface area contributed by atoms with Crippen molar-refractivity contribution in [3.8, 4) is 0 Å². The van der Waals surface area contributed by atoms with Gasteiger partial charge in [0.15, 0.2) is 5.82 Å². The van der Waals surface area contributed by atoms with E-state index < -0.39 is 0 Å². The zero-order valence-corrected chi connectivity index (χ0v) is 8.41. The number of rotatable bonds is 3. The molecule has 1 heterocycles. The molecular weight excluding hydrogens is 174 g/mol. The molecule has 1 rings (SSSR count). The minimum absolute atomic E-state index is 0.0255. The molecule has 0 aliphatic rings. The summed E-state index contributed by atoms with van der Waals surface area (Å²) in [6.45, 7) is 4.24. The van der Waals surface area contributed by atoms with Gasteiger partial charge < -0.3 is 4.57 Å². The molecule has 3 nitrogen and oxygen atoms in total. The normalized spacial score (nSPS) is 16.0. The van der Waals surface area contributed by atoms with E-state index in [0.29, 0.717) is 5.92 Å². The number of nitrogens with zero attached hydrogens (tertiary/aromatic N) is 3. The highest BCUT2D eigenvalue weighted by Gasteiger charge is 2.19. The summed E-state index contributed by atoms with van der Waals surface area (Å²) >= 11 is 6.18. The molecule has 68 valence electrons. The van der Waals surface area contributed by atoms with Crippen molar-refractivity contribution in [2.24, 2.45) is 13.0 Å². The maximum atomic E-state index is 6.18. The summed E-state index contributed by atoms with van der Waals surface area (Å²) in [4.78, 5) is 0. The Kier molecular flexibility index (Phi) is 3.09. The Labute approximate surface area is 77.8 Å². The third kappa shape index (κ3) is 1.78. The summed E-state index contributed by atoms with van der Waals surface area (Å²) < 4.78 is 1.86. The van der Waals surface area contributed by atoms with Gasteiger partial charge in [0.25, 0.3) is 0 Å². The third-order valence-electron chi connectivity index (χ3n) is 2.14. The van der Waals surface area contributed by atoms with Crippen molar-refractivity contribution in [1.29, 1.82) is 0 Å². The lowest BCUT2D eigenvalue weighted by atomic mass is 10.0. The van der Waals surface area contributed by atoms with Crippen LogP contribution in [0.15, 0.2) is 6.33 Å². The SMILES string of the molecule is CCC(C)C(Cl)c1nncn1C. The first-order valence-corrected chi connectivity index (χ1v) is 4.58. The van der Waals surface area contributed by atoms with Crippen molar-refractivity contribution in [2.75, 3.05) is 0 Å². The largest absolute Gasteiger partial charge is 0.319 e. The van der Waals surface area contributed by atoms with E-state index in [0.717, 1.165) is 12.2 Å². The van der Waals surface area contributed by atoms with Crippen LogP contribution in [0.5, 0.6) is 0 Å². The number of halogens is 1. The van der Waals surface area contributed by atoms with Crippen LogP contribution in [0.4, 0.5) is 0 Å². The van der Waals surface area contributed by atoms with E-state index >= 15 is 0 Å². The molecule has 12 heavy (non-hydrogen) atoms. The molecule has 0 saturated heterocycles. The monoisotopic (exact) mass is 187 g/mol. The molecule has 0 fully saturated rings. The van der Waals surface area contributed by atoms with Gasteiger partial charge in [-0.2, -0.15) is 0 Å². The van der Waals surface area contributed by atoms with Gasteiger partial charge >= 0.3 is 0 Å². The van der Waals surface area contributed by atoms with Gasteiger partial charge in [-0.3, -0.25) is 0 Å². The molecule has 0 radical (unpaired) electrons. The van der Waals surface area contributed by atoms with E-state index in [1.54, 1.807) is 6.33 Å². The Morgan fingerprint density at radius 2 is 2.33 bits per heavy atom. The minimum atomic E-state index is -0.0255. The zero-order valence-electron chi connectivity index (χ0n) is 7.66. The summed E-state index contributed by atoms with van der Waals surface area (Å²) in [6.07, 6.45) is 2.73. The number of alkyl halides is 1. The predicted molar refractivity (Wildman–Crippen MR) is 49.1 cm³/mol. The standard InChI is InChI=1S/C8H14ClN3/c1-4-6(2)7(9)8-11-10-5-12(8)3/h5-7H,4H2,1-3H3. The van der Waals surface area contributed by atoms with E-state index in [1.165, 1.54) is 0 Å². The van der Waals surface area contributed by atoms with Crippen LogP contribution in [0.1, 0.15) is 31.5 Å². The van der Waals surface area contributed by atoms with Crippen LogP contribution >= 0.6 is 11.6 Å². The summed E-state index contributed by atoms with van der Waals surface area (Å²) in [5.74, 6) is 1.29. The summed E-state index contributed by atoms with van der Waals surface area (Å²) in [5, 5.41) is 7.73. The fraction of sp³-hybridized carbons (Fsp3) is 0.750. The highest BCUT2D eigenvalue weighted by Crippen LogP contribution is 2.28. The second-order valence-electron chi connectivity index (χ2n) is 3.09. The van der Waals surface area contributed by atoms with E-state index in [-0.39, 0.29) is 5.38 Å². The van der Waals surface area contributed by atoms with Crippen molar-refractivity contribution >= 4 is 11.6 Å². The molecule has 4 heteroatoms. The van der Waals surface area contributed by atoms with Crippen LogP contribution in [0.25, 0.3) is 0 Å². The highest BCUT2D eigenvalue weighted by molar-refractivity contribution is 6.20. The van der Waals surface area contributed by atoms with E-state index in [1.807, 2.05) is 11.6 Å². The number of hydrogen-bond acceptors (Lipinski definition) is 2. The Balaban J connectivity index is 2.77. The molecule has 0 saturated carbocycles. The van der Waals surface area contributed by atoms with Gasteiger partial charge in [-0.15, -0.1) is 21.8 Å². The predicted octanol–water partition coefficient (Wildman–Crippen LogP) is 2.14. The van der Waals surface area contributed by atoms with Gasteiger partial charge in [0.2, 0.25) is 0 Å². The van der Waals surface area contributed by atoms with Crippen molar-refractivity contribution in [3.63, 3.8) is 0 Å². The Morgan fingerprint density at radius 3 is 2.75 bits per heavy atom. The lowest BCUT2D eigenvalue weighted by molar-refractivity contribution is 0.514. The molecule has 1 aromatic heterocycles. The van der Waals surface area contributed by atoms with Crippen LogP contribution in [-0.4, -0.2) is 14.8 Å². The average molecular weight is 188 g/mol. The molecule has 2 atom stereocenters. The maximum absolute atomic E-state index is 6.18. The van der Waals surface area contributed by atoms with Gasteiger partial charge in [0.1, 0.15) is 6.33 Å². The second-order valence-corrected chi connectivity index (χ2v) is 3.56. The van der Waals surface area contributed by atoms with E-state index in [4.69, 9.17) is 11.6 Å². The average Bonchev–Trinajstić information content (AvgIpc) is 2.48. The maximum Gasteiger partial charge on any atom is 0.150 e. The first-order valence-electron chi connectivity index (χ1n) is 4.14. The first-order chi connectivity index (χ1) is 5.66. The van der Waals surface area contributed by atoms with Crippen molar-refractivity contribution < 1.29 is 0 Å². The molecule has 0 aromatic carbocycles. The van der Waals surface area contributed by atoms with Gasteiger partial charge in [-0.05, 0) is 5.92 Å². The molecule has 0 aliphatic heterocycles. The second kappa shape index (κ2) is 3.90. The molecule has 0 amide bonds. The van der Waals surface area contributed by atoms with Crippen molar-refractivity contribution in [2.45, 2.75) is 25.6 Å². The fourth-order valence-corrected chi connectivity index (χ4v) is 1.38. The Bertz CT molecular complexity index is 246. The molecule has 0 N–H and O–H groups in total. The molecule has 1 aromatic rings. The van der Waals surface area contributed by atoms with Crippen LogP contribution < -0.4 is 0 Å². The summed E-state index contributed by atoms with van der Waals surface area (Å²) in [6, 6.07) is 0. The third-order valence-corrected chi connectivity index (χ3v) is 2.76. The lowest BCUT2D eigenvalue weighted by Gasteiger charge is -2.14. The van der Waals surface area contributed by atoms with Crippen LogP contribution in [0, 0.1) is 5.92 Å². The molecule has 0 bridgehead atoms. The zero-order chi connectivity index (χ0) is 9.14. The van der Waals surface area contributed by atoms with Gasteiger partial charge in [-0.1, -0.05) is 20.3 Å². The molecular formula is C8H14ClN3. The minimum Gasteiger partial charge on any atom is -0.319 e. The van der Waals surface area contributed by atoms with Gasteiger partial charge in [-0.25, -0.2) is 0 Å². The molecule has 0 spiro atoms. The van der Waals surface area contributed by atoms with Gasteiger partial charge in [0.05, 0.1) is 5.38 Å². The van der Waals surface area contributed by atoms with Crippen molar-refractivity contribution in [3.05, 3.63) is 12.2 Å². The summed E-state index contributed by atoms with van der Waals surface area (Å²) in [5.41, 5.74) is 0. The molecule has 0 aliphatic carbocycles. The Morgan fingerprint density at radius 1 is 1.67 bits per heavy atom. The highest BCUT2D eigenvalue weighted by atomic mass is 35.5. The van der Waals surface area contributed by atoms with E-state index in [9.17, 15) is 0 Å². The Hall–Kier alpha value is -0.570. The molecule has 2 unspecified atom stereocenters. The van der Waals surface area contributed by atoms with Crippen LogP contribution in [0.2, 0.25) is 0 Å². The quantitative estimate of drug-likeness (QED) is 0.679. The number of aryl methyl sites for hydroxylation is 1. The number of hydrogen-bond donors (Lipinski definition) is 0. The smallest absolute Gasteiger partial charge is 0.150 e. The fourth-order valence-electron chi connectivity index (χ4n) is 1.00. The lowest BCUT2D eigenvalue weighted by Crippen LogP contribution is -2.08. The van der Waals surface area contributed by atoms with Gasteiger partial charge in [0, 0.05) is 7.05 Å². The topological polar surface area (TPSA) is 30.7 Å². The van der Waals surface area contributed by atoms with Crippen molar-refractivity contribution in [1.82, 2.24) is 14.8 Å². The first kappa shape index (κ1) is 9.52.